The van der Waals surface area contributed by atoms with E-state index in [-0.39, 0.29) is 0 Å². The van der Waals surface area contributed by atoms with Gasteiger partial charge in [-0.25, -0.2) is 0 Å². The van der Waals surface area contributed by atoms with Crippen LogP contribution in [-0.2, 0) is 0 Å². The van der Waals surface area contributed by atoms with Gasteiger partial charge in [0.25, 0.3) is 0 Å². The van der Waals surface area contributed by atoms with Crippen LogP contribution in [0.1, 0.15) is 25.3 Å². The van der Waals surface area contributed by atoms with Crippen LogP contribution in [0.5, 0.6) is 11.5 Å². The second-order valence-corrected chi connectivity index (χ2v) is 3.99. The lowest BCUT2D eigenvalue weighted by atomic mass is 10.2. The van der Waals surface area contributed by atoms with E-state index in [0.29, 0.717) is 0 Å². The summed E-state index contributed by atoms with van der Waals surface area (Å²) in [5.41, 5.74) is 1.03. The van der Waals surface area contributed by atoms with E-state index in [4.69, 9.17) is 4.74 Å². The maximum Gasteiger partial charge on any atom is 0.127 e. The molecule has 2 rings (SSSR count). The molecular weight excluding hydrogens is 220 g/mol. The molecule has 1 nitrogen and oxygen atoms in total. The number of hydrogen-bond donors (Lipinski definition) is 0. The average Bonchev–Trinajstić information content (AvgIpc) is 2.42. The van der Waals surface area contributed by atoms with Gasteiger partial charge >= 0.3 is 0 Å². The molecule has 0 aliphatic rings. The van der Waals surface area contributed by atoms with Crippen molar-refractivity contribution in [1.82, 2.24) is 0 Å². The molecule has 0 radical (unpaired) electrons. The summed E-state index contributed by atoms with van der Waals surface area (Å²) in [6, 6.07) is 17.6. The molecule has 0 atom stereocenters. The average molecular weight is 236 g/mol. The van der Waals surface area contributed by atoms with Crippen LogP contribution in [-0.4, -0.2) is 0 Å². The van der Waals surface area contributed by atoms with Gasteiger partial charge in [-0.1, -0.05) is 37.0 Å². The van der Waals surface area contributed by atoms with Crippen LogP contribution in [0.2, 0.25) is 0 Å². The Kier molecular flexibility index (Phi) is 4.44. The molecule has 0 saturated heterocycles. The van der Waals surface area contributed by atoms with Gasteiger partial charge in [0.15, 0.2) is 0 Å². The van der Waals surface area contributed by atoms with Crippen LogP contribution in [0.15, 0.2) is 54.6 Å². The summed E-state index contributed by atoms with van der Waals surface area (Å²) in [5.74, 6) is 7.95. The minimum Gasteiger partial charge on any atom is -0.457 e. The largest absolute Gasteiger partial charge is 0.457 e. The van der Waals surface area contributed by atoms with Crippen LogP contribution >= 0.6 is 0 Å². The topological polar surface area (TPSA) is 9.23 Å². The third kappa shape index (κ3) is 3.68. The first-order valence-corrected chi connectivity index (χ1v) is 6.20. The molecule has 18 heavy (non-hydrogen) atoms. The molecule has 0 unspecified atom stereocenters. The minimum atomic E-state index is 0.835. The molecule has 0 fully saturated rings. The zero-order valence-electron chi connectivity index (χ0n) is 10.5. The molecule has 1 heteroatoms. The van der Waals surface area contributed by atoms with Crippen molar-refractivity contribution in [1.29, 1.82) is 0 Å². The smallest absolute Gasteiger partial charge is 0.127 e. The predicted molar refractivity (Wildman–Crippen MR) is 74.7 cm³/mol. The minimum absolute atomic E-state index is 0.835. The molecule has 90 valence electrons. The van der Waals surface area contributed by atoms with Crippen molar-refractivity contribution in [3.63, 3.8) is 0 Å². The molecule has 0 aromatic heterocycles. The van der Waals surface area contributed by atoms with Crippen molar-refractivity contribution in [3.05, 3.63) is 60.2 Å². The van der Waals surface area contributed by atoms with Crippen LogP contribution in [0.4, 0.5) is 0 Å². The van der Waals surface area contributed by atoms with Gasteiger partial charge in [-0.15, -0.1) is 0 Å². The molecule has 2 aromatic rings. The second-order valence-electron chi connectivity index (χ2n) is 3.99. The predicted octanol–water partition coefficient (Wildman–Crippen LogP) is 4.63. The quantitative estimate of drug-likeness (QED) is 0.706. The number of unbranched alkanes of at least 4 members (excludes halogenated alkanes) is 1. The lowest BCUT2D eigenvalue weighted by molar-refractivity contribution is 0.482. The van der Waals surface area contributed by atoms with Crippen molar-refractivity contribution >= 4 is 0 Å². The highest BCUT2D eigenvalue weighted by Crippen LogP contribution is 2.20. The van der Waals surface area contributed by atoms with Crippen LogP contribution < -0.4 is 4.74 Å². The molecule has 0 heterocycles. The fourth-order valence-electron chi connectivity index (χ4n) is 1.52. The van der Waals surface area contributed by atoms with E-state index in [1.807, 2.05) is 54.6 Å². The Morgan fingerprint density at radius 1 is 0.889 bits per heavy atom. The van der Waals surface area contributed by atoms with Crippen molar-refractivity contribution < 1.29 is 4.74 Å². The van der Waals surface area contributed by atoms with Crippen LogP contribution in [0, 0.1) is 11.8 Å². The van der Waals surface area contributed by atoms with Gasteiger partial charge in [0.2, 0.25) is 0 Å². The fourth-order valence-corrected chi connectivity index (χ4v) is 1.52. The first-order chi connectivity index (χ1) is 8.88. The molecule has 0 aliphatic heterocycles. The SMILES string of the molecule is CCCC#Cc1ccc(Oc2ccccc2)cc1. The van der Waals surface area contributed by atoms with Gasteiger partial charge in [0, 0.05) is 12.0 Å². The lowest BCUT2D eigenvalue weighted by Crippen LogP contribution is -1.83. The Balaban J connectivity index is 2.02. The molecule has 0 spiro atoms. The number of para-hydroxylation sites is 1. The Morgan fingerprint density at radius 3 is 2.22 bits per heavy atom. The zero-order valence-corrected chi connectivity index (χ0v) is 10.5. The Bertz CT molecular complexity index is 529. The number of ether oxygens (including phenoxy) is 1. The van der Waals surface area contributed by atoms with E-state index in [1.54, 1.807) is 0 Å². The summed E-state index contributed by atoms with van der Waals surface area (Å²) in [6.45, 7) is 2.13. The van der Waals surface area contributed by atoms with Crippen molar-refractivity contribution in [2.24, 2.45) is 0 Å². The molecule has 0 amide bonds. The maximum atomic E-state index is 5.71. The highest BCUT2D eigenvalue weighted by molar-refractivity contribution is 5.39. The van der Waals surface area contributed by atoms with Gasteiger partial charge < -0.3 is 4.74 Å². The number of rotatable bonds is 3. The fraction of sp³-hybridized carbons (Fsp3) is 0.176. The van der Waals surface area contributed by atoms with Crippen molar-refractivity contribution in [3.8, 4) is 23.3 Å². The van der Waals surface area contributed by atoms with Gasteiger partial charge in [-0.05, 0) is 42.8 Å². The Morgan fingerprint density at radius 2 is 1.56 bits per heavy atom. The molecule has 0 aliphatic carbocycles. The highest BCUT2D eigenvalue weighted by Gasteiger charge is 1.95. The van der Waals surface area contributed by atoms with Crippen LogP contribution in [0.3, 0.4) is 0 Å². The van der Waals surface area contributed by atoms with E-state index in [9.17, 15) is 0 Å². The molecule has 2 aromatic carbocycles. The first-order valence-electron chi connectivity index (χ1n) is 6.20. The second kappa shape index (κ2) is 6.51. The lowest BCUT2D eigenvalue weighted by Gasteiger charge is -2.04. The van der Waals surface area contributed by atoms with Gasteiger partial charge in [0.05, 0.1) is 0 Å². The van der Waals surface area contributed by atoms with E-state index in [0.717, 1.165) is 29.9 Å². The third-order valence-corrected chi connectivity index (χ3v) is 2.44. The van der Waals surface area contributed by atoms with Crippen LogP contribution in [0.25, 0.3) is 0 Å². The maximum absolute atomic E-state index is 5.71. The summed E-state index contributed by atoms with van der Waals surface area (Å²) >= 11 is 0. The molecule has 0 N–H and O–H groups in total. The summed E-state index contributed by atoms with van der Waals surface area (Å²) in [6.07, 6.45) is 2.05. The van der Waals surface area contributed by atoms with E-state index >= 15 is 0 Å². The molecular formula is C17H16O. The summed E-state index contributed by atoms with van der Waals surface area (Å²) in [4.78, 5) is 0. The molecule has 0 saturated carbocycles. The standard InChI is InChI=1S/C17H16O/c1-2-3-5-8-15-11-13-17(14-12-15)18-16-9-6-4-7-10-16/h4,6-7,9-14H,2-3H2,1H3. The third-order valence-electron chi connectivity index (χ3n) is 2.44. The normalized spacial score (nSPS) is 9.39. The highest BCUT2D eigenvalue weighted by atomic mass is 16.5. The Labute approximate surface area is 108 Å². The monoisotopic (exact) mass is 236 g/mol. The van der Waals surface area contributed by atoms with Gasteiger partial charge in [0.1, 0.15) is 11.5 Å². The van der Waals surface area contributed by atoms with Crippen molar-refractivity contribution in [2.45, 2.75) is 19.8 Å². The number of hydrogen-bond acceptors (Lipinski definition) is 1. The summed E-state index contributed by atoms with van der Waals surface area (Å²) in [7, 11) is 0. The van der Waals surface area contributed by atoms with E-state index in [2.05, 4.69) is 18.8 Å². The van der Waals surface area contributed by atoms with E-state index < -0.39 is 0 Å². The number of benzene rings is 2. The van der Waals surface area contributed by atoms with E-state index in [1.165, 1.54) is 0 Å². The summed E-state index contributed by atoms with van der Waals surface area (Å²) < 4.78 is 5.71. The van der Waals surface area contributed by atoms with Gasteiger partial charge in [-0.2, -0.15) is 0 Å². The Hall–Kier alpha value is -2.20. The van der Waals surface area contributed by atoms with Crippen molar-refractivity contribution in [2.75, 3.05) is 0 Å². The van der Waals surface area contributed by atoms with Gasteiger partial charge in [-0.3, -0.25) is 0 Å². The first kappa shape index (κ1) is 12.3. The molecule has 0 bridgehead atoms. The summed E-state index contributed by atoms with van der Waals surface area (Å²) in [5, 5.41) is 0. The zero-order chi connectivity index (χ0) is 12.6.